The van der Waals surface area contributed by atoms with E-state index in [1.165, 1.54) is 18.2 Å². The van der Waals surface area contributed by atoms with Gasteiger partial charge in [0.05, 0.1) is 28.6 Å². The van der Waals surface area contributed by atoms with Crippen LogP contribution in [0.2, 0.25) is 0 Å². The average Bonchev–Trinajstić information content (AvgIpc) is 3.27. The van der Waals surface area contributed by atoms with E-state index in [1.54, 1.807) is 0 Å². The number of ether oxygens (including phenoxy) is 3. The van der Waals surface area contributed by atoms with Gasteiger partial charge in [0.15, 0.2) is 0 Å². The number of nitrogens with zero attached hydrogens (tertiary/aromatic N) is 1. The molecule has 0 radical (unpaired) electrons. The minimum absolute atomic E-state index is 0.0210. The SMILES string of the molecule is Cc1c(C)c2c(c(C)c1OCCCCC(C)(C)C#N)CCC(C)(COc1ccc(C=C3SC(=O)NC3=O)cc1C(F)(F)F)O2. The van der Waals surface area contributed by atoms with Gasteiger partial charge in [-0.1, -0.05) is 6.07 Å². The molecular formula is C33H37F3N2O5S. The van der Waals surface area contributed by atoms with E-state index in [4.69, 9.17) is 14.2 Å². The fourth-order valence-electron chi connectivity index (χ4n) is 5.29. The van der Waals surface area contributed by atoms with E-state index < -0.39 is 28.5 Å². The number of hydrogen-bond donors (Lipinski definition) is 1. The number of halogens is 3. The highest BCUT2D eigenvalue weighted by atomic mass is 32.2. The molecule has 2 aliphatic rings. The molecule has 2 aromatic rings. The zero-order chi connectivity index (χ0) is 32.4. The lowest BCUT2D eigenvalue weighted by molar-refractivity contribution is -0.139. The number of fused-ring (bicyclic) bond motifs is 1. The Bertz CT molecular complexity index is 1540. The molecule has 2 aromatic carbocycles. The Kier molecular flexibility index (Phi) is 9.64. The summed E-state index contributed by atoms with van der Waals surface area (Å²) in [6.07, 6.45) is 0.224. The fourth-order valence-corrected chi connectivity index (χ4v) is 5.97. The van der Waals surface area contributed by atoms with Crippen LogP contribution in [0.25, 0.3) is 6.08 Å². The van der Waals surface area contributed by atoms with Gasteiger partial charge in [0.1, 0.15) is 29.5 Å². The molecule has 0 saturated carbocycles. The van der Waals surface area contributed by atoms with E-state index in [-0.39, 0.29) is 28.2 Å². The third-order valence-corrected chi connectivity index (χ3v) is 8.90. The summed E-state index contributed by atoms with van der Waals surface area (Å²) in [7, 11) is 0. The molecule has 0 bridgehead atoms. The lowest BCUT2D eigenvalue weighted by Crippen LogP contribution is -2.42. The normalized spacial score (nSPS) is 19.3. The quantitative estimate of drug-likeness (QED) is 0.209. The van der Waals surface area contributed by atoms with Crippen LogP contribution in [0.1, 0.15) is 79.8 Å². The molecule has 2 heterocycles. The molecule has 0 spiro atoms. The number of imide groups is 1. The highest BCUT2D eigenvalue weighted by Gasteiger charge is 2.38. The number of benzene rings is 2. The summed E-state index contributed by atoms with van der Waals surface area (Å²) in [5.74, 6) is 0.542. The molecule has 2 aliphatic heterocycles. The molecule has 11 heteroatoms. The highest BCUT2D eigenvalue weighted by Crippen LogP contribution is 2.45. The van der Waals surface area contributed by atoms with Crippen LogP contribution < -0.4 is 19.5 Å². The van der Waals surface area contributed by atoms with Crippen LogP contribution in [0.3, 0.4) is 0 Å². The van der Waals surface area contributed by atoms with Gasteiger partial charge in [0.2, 0.25) is 0 Å². The van der Waals surface area contributed by atoms with Crippen molar-refractivity contribution >= 4 is 29.0 Å². The summed E-state index contributed by atoms with van der Waals surface area (Å²) in [5, 5.41) is 10.7. The van der Waals surface area contributed by atoms with Crippen LogP contribution in [0, 0.1) is 37.5 Å². The van der Waals surface area contributed by atoms with Crippen molar-refractivity contribution in [2.75, 3.05) is 13.2 Å². The van der Waals surface area contributed by atoms with Gasteiger partial charge in [-0.3, -0.25) is 14.9 Å². The van der Waals surface area contributed by atoms with Crippen molar-refractivity contribution in [1.82, 2.24) is 5.32 Å². The number of nitrogens with one attached hydrogen (secondary N) is 1. The topological polar surface area (TPSA) is 97.6 Å². The maximum atomic E-state index is 14.0. The Labute approximate surface area is 260 Å². The van der Waals surface area contributed by atoms with Crippen molar-refractivity contribution in [1.29, 1.82) is 5.26 Å². The number of nitriles is 1. The summed E-state index contributed by atoms with van der Waals surface area (Å²) >= 11 is 0.635. The third kappa shape index (κ3) is 7.52. The minimum atomic E-state index is -4.71. The smallest absolute Gasteiger partial charge is 0.419 e. The van der Waals surface area contributed by atoms with E-state index in [2.05, 4.69) is 11.4 Å². The van der Waals surface area contributed by atoms with E-state index in [9.17, 15) is 28.0 Å². The first-order chi connectivity index (χ1) is 20.5. The molecular weight excluding hydrogens is 593 g/mol. The highest BCUT2D eigenvalue weighted by molar-refractivity contribution is 8.18. The summed E-state index contributed by atoms with van der Waals surface area (Å²) in [5.41, 5.74) is 1.78. The third-order valence-electron chi connectivity index (χ3n) is 8.09. The van der Waals surface area contributed by atoms with Crippen LogP contribution in [0.5, 0.6) is 17.2 Å². The molecule has 1 atom stereocenters. The summed E-state index contributed by atoms with van der Waals surface area (Å²) < 4.78 is 60.5. The van der Waals surface area contributed by atoms with E-state index >= 15 is 0 Å². The zero-order valence-electron chi connectivity index (χ0n) is 25.8. The number of hydrogen-bond acceptors (Lipinski definition) is 7. The summed E-state index contributed by atoms with van der Waals surface area (Å²) in [6.45, 7) is 12.0. The van der Waals surface area contributed by atoms with Crippen LogP contribution in [0.4, 0.5) is 18.0 Å². The Morgan fingerprint density at radius 2 is 1.84 bits per heavy atom. The standard InChI is InChI=1S/C33H37F3N2O5S/c1-19-20(2)28-23(21(3)27(19)41-14-8-7-12-31(4,5)17-37)11-13-32(6,43-28)18-42-25-10-9-22(15-24(25)33(34,35)36)16-26-29(39)38-30(40)44-26/h9-10,15-16H,7-8,11-14,18H2,1-6H3,(H,38,39,40). The number of alkyl halides is 3. The van der Waals surface area contributed by atoms with Crippen molar-refractivity contribution < 1.29 is 37.0 Å². The van der Waals surface area contributed by atoms with Crippen molar-refractivity contribution in [3.05, 3.63) is 56.5 Å². The fraction of sp³-hybridized carbons (Fsp3) is 0.485. The van der Waals surface area contributed by atoms with Crippen molar-refractivity contribution in [3.63, 3.8) is 0 Å². The Morgan fingerprint density at radius 1 is 1.11 bits per heavy atom. The Hall–Kier alpha value is -3.65. The molecule has 0 aliphatic carbocycles. The molecule has 4 rings (SSSR count). The molecule has 0 aromatic heterocycles. The number of amides is 2. The van der Waals surface area contributed by atoms with Crippen LogP contribution in [-0.2, 0) is 17.4 Å². The average molecular weight is 631 g/mol. The Morgan fingerprint density at radius 3 is 2.48 bits per heavy atom. The molecule has 1 N–H and O–H groups in total. The van der Waals surface area contributed by atoms with E-state index in [0.29, 0.717) is 37.0 Å². The van der Waals surface area contributed by atoms with Crippen molar-refractivity contribution in [2.24, 2.45) is 5.41 Å². The molecule has 7 nitrogen and oxygen atoms in total. The van der Waals surface area contributed by atoms with Gasteiger partial charge in [-0.15, -0.1) is 0 Å². The van der Waals surface area contributed by atoms with Crippen LogP contribution in [-0.4, -0.2) is 30.0 Å². The second kappa shape index (κ2) is 12.8. The van der Waals surface area contributed by atoms with Gasteiger partial charge in [-0.2, -0.15) is 18.4 Å². The predicted octanol–water partition coefficient (Wildman–Crippen LogP) is 8.22. The van der Waals surface area contributed by atoms with Crippen LogP contribution >= 0.6 is 11.8 Å². The van der Waals surface area contributed by atoms with Gasteiger partial charge >= 0.3 is 6.18 Å². The molecule has 2 amide bonds. The van der Waals surface area contributed by atoms with Gasteiger partial charge < -0.3 is 14.2 Å². The summed E-state index contributed by atoms with van der Waals surface area (Å²) in [4.78, 5) is 23.3. The molecule has 1 unspecified atom stereocenters. The number of carbonyl (C=O) groups excluding carboxylic acids is 2. The van der Waals surface area contributed by atoms with Crippen molar-refractivity contribution in [2.45, 2.75) is 85.4 Å². The molecule has 1 fully saturated rings. The van der Waals surface area contributed by atoms with Gasteiger partial charge in [-0.25, -0.2) is 0 Å². The van der Waals surface area contributed by atoms with Gasteiger partial charge in [0.25, 0.3) is 11.1 Å². The Balaban J connectivity index is 1.47. The van der Waals surface area contributed by atoms with E-state index in [0.717, 1.165) is 53.3 Å². The number of carbonyl (C=O) groups is 2. The van der Waals surface area contributed by atoms with Crippen LogP contribution in [0.15, 0.2) is 23.1 Å². The summed E-state index contributed by atoms with van der Waals surface area (Å²) in [6, 6.07) is 5.86. The maximum Gasteiger partial charge on any atom is 0.419 e. The van der Waals surface area contributed by atoms with Gasteiger partial charge in [-0.05, 0) is 126 Å². The largest absolute Gasteiger partial charge is 0.493 e. The maximum absolute atomic E-state index is 14.0. The molecule has 1 saturated heterocycles. The van der Waals surface area contributed by atoms with E-state index in [1.807, 2.05) is 41.5 Å². The minimum Gasteiger partial charge on any atom is -0.493 e. The zero-order valence-corrected chi connectivity index (χ0v) is 26.6. The lowest BCUT2D eigenvalue weighted by Gasteiger charge is -2.38. The first kappa shape index (κ1) is 33.2. The number of rotatable bonds is 10. The van der Waals surface area contributed by atoms with Gasteiger partial charge in [0, 0.05) is 5.56 Å². The lowest BCUT2D eigenvalue weighted by atomic mass is 9.87. The monoisotopic (exact) mass is 630 g/mol. The second-order valence-electron chi connectivity index (χ2n) is 12.3. The predicted molar refractivity (Wildman–Crippen MR) is 163 cm³/mol. The second-order valence-corrected chi connectivity index (χ2v) is 13.3. The number of thioether (sulfide) groups is 1. The first-order valence-electron chi connectivity index (χ1n) is 14.5. The molecule has 236 valence electrons. The van der Waals surface area contributed by atoms with Crippen molar-refractivity contribution in [3.8, 4) is 23.3 Å². The first-order valence-corrected chi connectivity index (χ1v) is 15.3. The molecule has 44 heavy (non-hydrogen) atoms. The number of unbranched alkanes of at least 4 members (excludes halogenated alkanes) is 1.